The first kappa shape index (κ1) is 21.6. The Balaban J connectivity index is 0.845. The lowest BCUT2D eigenvalue weighted by molar-refractivity contribution is -0.137. The fraction of sp³-hybridized carbons (Fsp3) is 0.739. The van der Waals surface area contributed by atoms with Crippen LogP contribution in [0.15, 0.2) is 12.4 Å². The molecule has 2 aromatic heterocycles. The molecule has 7 rings (SSSR count). The number of nitrogens with zero attached hydrogens (tertiary/aromatic N) is 6. The maximum absolute atomic E-state index is 14.1. The summed E-state index contributed by atoms with van der Waals surface area (Å²) in [6.45, 7) is 3.45. The van der Waals surface area contributed by atoms with E-state index in [4.69, 9.17) is 0 Å². The third-order valence-corrected chi connectivity index (χ3v) is 8.83. The molecule has 8 nitrogen and oxygen atoms in total. The van der Waals surface area contributed by atoms with E-state index >= 15 is 0 Å². The van der Waals surface area contributed by atoms with E-state index < -0.39 is 17.4 Å². The molecule has 2 saturated heterocycles. The molecule has 1 N–H and O–H groups in total. The first-order valence-corrected chi connectivity index (χ1v) is 12.3. The van der Waals surface area contributed by atoms with Crippen LogP contribution in [0, 0.1) is 16.7 Å². The van der Waals surface area contributed by atoms with Gasteiger partial charge in [-0.15, -0.1) is 0 Å². The highest BCUT2D eigenvalue weighted by Crippen LogP contribution is 2.57. The Bertz CT molecular complexity index is 1160. The molecule has 0 unspecified atom stereocenters. The van der Waals surface area contributed by atoms with Gasteiger partial charge in [0, 0.05) is 55.7 Å². The number of hydrogen-bond donors (Lipinski definition) is 1. The number of likely N-dealkylation sites (tertiary alicyclic amines) is 2. The van der Waals surface area contributed by atoms with Gasteiger partial charge in [-0.25, -0.2) is 14.2 Å². The second-order valence-electron chi connectivity index (χ2n) is 11.8. The first-order valence-electron chi connectivity index (χ1n) is 12.3. The summed E-state index contributed by atoms with van der Waals surface area (Å²) >= 11 is 0. The van der Waals surface area contributed by atoms with Gasteiger partial charge >= 0.3 is 12.2 Å². The lowest BCUT2D eigenvalue weighted by atomic mass is 9.57. The van der Waals surface area contributed by atoms with Crippen LogP contribution in [0.3, 0.4) is 0 Å². The summed E-state index contributed by atoms with van der Waals surface area (Å²) < 4.78 is 53.7. The fourth-order valence-electron chi connectivity index (χ4n) is 6.85. The minimum Gasteiger partial charge on any atom is -0.323 e. The van der Waals surface area contributed by atoms with Crippen LogP contribution >= 0.6 is 0 Å². The normalized spacial score (nSPS) is 26.3. The molecule has 12 heteroatoms. The van der Waals surface area contributed by atoms with E-state index in [2.05, 4.69) is 20.3 Å². The van der Waals surface area contributed by atoms with Crippen LogP contribution in [0.2, 0.25) is 0 Å². The number of carbonyl (C=O) groups is 1. The van der Waals surface area contributed by atoms with Gasteiger partial charge in [-0.1, -0.05) is 0 Å². The summed E-state index contributed by atoms with van der Waals surface area (Å²) in [5.74, 6) is 1.63. The molecule has 0 bridgehead atoms. The largest absolute Gasteiger partial charge is 0.419 e. The molecular formula is C23H27F4N7O. The molecule has 35 heavy (non-hydrogen) atoms. The van der Waals surface area contributed by atoms with Crippen molar-refractivity contribution in [2.75, 3.05) is 26.2 Å². The predicted molar refractivity (Wildman–Crippen MR) is 114 cm³/mol. The average molecular weight is 494 g/mol. The van der Waals surface area contributed by atoms with E-state index in [1.807, 2.05) is 9.80 Å². The molecule has 5 aliphatic rings. The standard InChI is InChI=1S/C23H27F4N7O/c24-22(1-2-22)18-29-17(30-31-18)15-5-21(6-15)12-33(13-21)19(35)32-10-20(11-32)3-14(4-20)8-34-9-16(7-28-34)23(25,26)27/h7,9,14-15H,1-6,8,10-13H2,(H,29,30,31). The summed E-state index contributed by atoms with van der Waals surface area (Å²) in [7, 11) is 0. The maximum Gasteiger partial charge on any atom is 0.419 e. The summed E-state index contributed by atoms with van der Waals surface area (Å²) in [5.41, 5.74) is -1.75. The number of urea groups is 1. The Morgan fingerprint density at radius 2 is 1.69 bits per heavy atom. The number of aromatic amines is 1. The Morgan fingerprint density at radius 3 is 2.26 bits per heavy atom. The molecule has 0 aromatic carbocycles. The zero-order chi connectivity index (χ0) is 24.2. The van der Waals surface area contributed by atoms with Crippen molar-refractivity contribution in [2.24, 2.45) is 16.7 Å². The van der Waals surface area contributed by atoms with Crippen LogP contribution in [0.25, 0.3) is 0 Å². The van der Waals surface area contributed by atoms with Crippen LogP contribution in [0.1, 0.15) is 61.7 Å². The summed E-state index contributed by atoms with van der Waals surface area (Å²) in [4.78, 5) is 21.1. The Hall–Kier alpha value is -2.66. The number of halogens is 4. The highest BCUT2D eigenvalue weighted by molar-refractivity contribution is 5.77. The van der Waals surface area contributed by atoms with Crippen LogP contribution in [-0.4, -0.2) is 67.0 Å². The number of nitrogens with one attached hydrogen (secondary N) is 1. The first-order chi connectivity index (χ1) is 16.5. The summed E-state index contributed by atoms with van der Waals surface area (Å²) in [5, 5.41) is 10.8. The van der Waals surface area contributed by atoms with Gasteiger partial charge in [0.2, 0.25) is 0 Å². The molecule has 2 aliphatic heterocycles. The number of aromatic nitrogens is 5. The van der Waals surface area contributed by atoms with Crippen molar-refractivity contribution in [3.8, 4) is 0 Å². The number of carbonyl (C=O) groups excluding carboxylic acids is 1. The van der Waals surface area contributed by atoms with E-state index in [1.54, 1.807) is 0 Å². The maximum atomic E-state index is 14.1. The molecule has 5 fully saturated rings. The van der Waals surface area contributed by atoms with Gasteiger partial charge in [0.25, 0.3) is 0 Å². The van der Waals surface area contributed by atoms with Crippen molar-refractivity contribution in [2.45, 2.75) is 62.8 Å². The van der Waals surface area contributed by atoms with Crippen LogP contribution < -0.4 is 0 Å². The monoisotopic (exact) mass is 493 g/mol. The minimum atomic E-state index is -4.36. The molecular weight excluding hydrogens is 466 g/mol. The van der Waals surface area contributed by atoms with Crippen LogP contribution in [0.5, 0.6) is 0 Å². The number of rotatable bonds is 4. The minimum absolute atomic E-state index is 0.0881. The Labute approximate surface area is 199 Å². The second kappa shape index (κ2) is 6.76. The van der Waals surface area contributed by atoms with Gasteiger partial charge in [0.1, 0.15) is 5.82 Å². The zero-order valence-corrected chi connectivity index (χ0v) is 19.2. The van der Waals surface area contributed by atoms with Crippen molar-refractivity contribution >= 4 is 6.03 Å². The third kappa shape index (κ3) is 3.46. The molecule has 2 amide bonds. The van der Waals surface area contributed by atoms with Gasteiger partial charge in [0.15, 0.2) is 11.5 Å². The van der Waals surface area contributed by atoms with E-state index in [0.717, 1.165) is 70.1 Å². The van der Waals surface area contributed by atoms with Crippen molar-refractivity contribution < 1.29 is 22.4 Å². The molecule has 188 valence electrons. The molecule has 4 heterocycles. The van der Waals surface area contributed by atoms with Crippen LogP contribution in [-0.2, 0) is 18.4 Å². The van der Waals surface area contributed by atoms with Crippen LogP contribution in [0.4, 0.5) is 22.4 Å². The fourth-order valence-corrected chi connectivity index (χ4v) is 6.85. The zero-order valence-electron chi connectivity index (χ0n) is 19.2. The average Bonchev–Trinajstić information content (AvgIpc) is 3.10. The van der Waals surface area contributed by atoms with Gasteiger partial charge in [-0.05, 0) is 44.4 Å². The SMILES string of the molecule is O=C(N1CC2(CC(Cn3cc(C(F)(F)F)cn3)C2)C1)N1CC2(CC(c3nc(C4(F)CC4)n[nH]3)C2)C1. The highest BCUT2D eigenvalue weighted by Gasteiger charge is 2.59. The highest BCUT2D eigenvalue weighted by atomic mass is 19.4. The lowest BCUT2D eigenvalue weighted by Crippen LogP contribution is -2.71. The van der Waals surface area contributed by atoms with E-state index in [-0.39, 0.29) is 22.8 Å². The molecule has 2 aromatic rings. The van der Waals surface area contributed by atoms with Gasteiger partial charge in [-0.3, -0.25) is 9.78 Å². The predicted octanol–water partition coefficient (Wildman–Crippen LogP) is 3.69. The Morgan fingerprint density at radius 1 is 1.06 bits per heavy atom. The van der Waals surface area contributed by atoms with Crippen molar-refractivity contribution in [1.29, 1.82) is 0 Å². The molecule has 3 aliphatic carbocycles. The number of hydrogen-bond acceptors (Lipinski definition) is 4. The number of H-pyrrole nitrogens is 1. The quantitative estimate of drug-likeness (QED) is 0.659. The van der Waals surface area contributed by atoms with Gasteiger partial charge in [-0.2, -0.15) is 23.4 Å². The summed E-state index contributed by atoms with van der Waals surface area (Å²) in [6.07, 6.45) is 2.31. The van der Waals surface area contributed by atoms with Gasteiger partial charge < -0.3 is 9.80 Å². The topological polar surface area (TPSA) is 82.9 Å². The third-order valence-electron chi connectivity index (χ3n) is 8.83. The van der Waals surface area contributed by atoms with Crippen molar-refractivity contribution in [1.82, 2.24) is 34.8 Å². The molecule has 2 spiro atoms. The van der Waals surface area contributed by atoms with E-state index in [0.29, 0.717) is 31.1 Å². The molecule has 3 saturated carbocycles. The Kier molecular flexibility index (Phi) is 4.17. The summed E-state index contributed by atoms with van der Waals surface area (Å²) in [6, 6.07) is 0.0881. The molecule has 0 atom stereocenters. The lowest BCUT2D eigenvalue weighted by Gasteiger charge is -2.63. The molecule has 0 radical (unpaired) electrons. The number of alkyl halides is 4. The number of amides is 2. The van der Waals surface area contributed by atoms with E-state index in [9.17, 15) is 22.4 Å². The van der Waals surface area contributed by atoms with E-state index in [1.165, 1.54) is 4.68 Å². The van der Waals surface area contributed by atoms with Gasteiger partial charge in [0.05, 0.1) is 11.8 Å². The second-order valence-corrected chi connectivity index (χ2v) is 11.8. The van der Waals surface area contributed by atoms with Crippen molar-refractivity contribution in [3.05, 3.63) is 29.6 Å². The van der Waals surface area contributed by atoms with Crippen molar-refractivity contribution in [3.63, 3.8) is 0 Å². The smallest absolute Gasteiger partial charge is 0.323 e.